The van der Waals surface area contributed by atoms with Gasteiger partial charge in [-0.05, 0) is 33.6 Å². The zero-order valence-electron chi connectivity index (χ0n) is 16.0. The van der Waals surface area contributed by atoms with Crippen molar-refractivity contribution < 1.29 is 27.6 Å². The summed E-state index contributed by atoms with van der Waals surface area (Å²) in [5.41, 5.74) is -1.15. The molecular weight excluding hydrogens is 381 g/mol. The normalized spacial score (nSPS) is 19.3. The van der Waals surface area contributed by atoms with Crippen LogP contribution in [0.1, 0.15) is 51.8 Å². The van der Waals surface area contributed by atoms with Crippen molar-refractivity contribution in [3.63, 3.8) is 0 Å². The van der Waals surface area contributed by atoms with Crippen molar-refractivity contribution in [2.24, 2.45) is 5.41 Å². The van der Waals surface area contributed by atoms with Crippen molar-refractivity contribution in [3.8, 4) is 0 Å². The highest BCUT2D eigenvalue weighted by atomic mass is 19.4. The molecule has 28 heavy (non-hydrogen) atoms. The van der Waals surface area contributed by atoms with E-state index in [2.05, 4.69) is 5.10 Å². The molecule has 1 aromatic heterocycles. The second-order valence-electron chi connectivity index (χ2n) is 8.71. The number of aromatic nitrogens is 2. The molecule has 1 spiro atoms. The van der Waals surface area contributed by atoms with Crippen LogP contribution in [0.25, 0.3) is 0 Å². The Morgan fingerprint density at radius 1 is 1.36 bits per heavy atom. The Kier molecular flexibility index (Phi) is 4.83. The van der Waals surface area contributed by atoms with Crippen molar-refractivity contribution >= 4 is 11.8 Å². The molecule has 0 radical (unpaired) electrons. The number of hydrogen-bond acceptors (Lipinski definition) is 5. The number of nitrogens with zero attached hydrogens (tertiary/aromatic N) is 4. The zero-order valence-corrected chi connectivity index (χ0v) is 16.0. The zero-order chi connectivity index (χ0) is 20.9. The van der Waals surface area contributed by atoms with Gasteiger partial charge in [0.05, 0.1) is 11.0 Å². The van der Waals surface area contributed by atoms with Crippen LogP contribution in [0.4, 0.5) is 23.7 Å². The highest BCUT2D eigenvalue weighted by molar-refractivity contribution is 5.69. The Hall–Kier alpha value is -2.33. The van der Waals surface area contributed by atoms with Gasteiger partial charge in [-0.25, -0.2) is 4.79 Å². The molecular formula is C17H23F3N4O4. The van der Waals surface area contributed by atoms with Gasteiger partial charge in [-0.3, -0.25) is 14.8 Å². The molecule has 1 aromatic rings. The van der Waals surface area contributed by atoms with Crippen molar-refractivity contribution in [2.75, 3.05) is 13.1 Å². The molecule has 1 aliphatic carbocycles. The maximum Gasteiger partial charge on any atom is 0.410 e. The van der Waals surface area contributed by atoms with Crippen molar-refractivity contribution in [2.45, 2.75) is 64.3 Å². The molecule has 1 aliphatic heterocycles. The Bertz CT molecular complexity index is 770. The molecule has 2 aliphatic rings. The maximum atomic E-state index is 12.4. The third kappa shape index (κ3) is 4.39. The van der Waals surface area contributed by atoms with E-state index < -0.39 is 29.5 Å². The third-order valence-corrected chi connectivity index (χ3v) is 5.04. The lowest BCUT2D eigenvalue weighted by atomic mass is 9.61. The molecule has 0 N–H and O–H groups in total. The van der Waals surface area contributed by atoms with E-state index in [1.807, 2.05) is 0 Å². The summed E-state index contributed by atoms with van der Waals surface area (Å²) in [5, 5.41) is 15.2. The number of carbonyl (C=O) groups excluding carboxylic acids is 1. The van der Waals surface area contributed by atoms with Gasteiger partial charge in [0, 0.05) is 31.3 Å². The van der Waals surface area contributed by atoms with Gasteiger partial charge in [-0.15, -0.1) is 0 Å². The molecule has 1 saturated heterocycles. The number of carbonyl (C=O) groups is 1. The van der Waals surface area contributed by atoms with Gasteiger partial charge < -0.3 is 9.64 Å². The van der Waals surface area contributed by atoms with Crippen LogP contribution in [0.5, 0.6) is 0 Å². The molecule has 8 nitrogen and oxygen atoms in total. The van der Waals surface area contributed by atoms with Gasteiger partial charge in [-0.1, -0.05) is 0 Å². The average Bonchev–Trinajstić information content (AvgIpc) is 2.83. The Morgan fingerprint density at radius 3 is 2.46 bits per heavy atom. The summed E-state index contributed by atoms with van der Waals surface area (Å²) in [5.74, 6) is 0. The summed E-state index contributed by atoms with van der Waals surface area (Å²) in [7, 11) is 0. The Labute approximate surface area is 159 Å². The number of nitro groups is 1. The second-order valence-corrected chi connectivity index (χ2v) is 8.71. The minimum atomic E-state index is -4.39. The first-order chi connectivity index (χ1) is 12.8. The van der Waals surface area contributed by atoms with E-state index in [4.69, 9.17) is 4.74 Å². The lowest BCUT2D eigenvalue weighted by molar-refractivity contribution is -0.385. The van der Waals surface area contributed by atoms with Crippen LogP contribution in [-0.4, -0.2) is 50.6 Å². The van der Waals surface area contributed by atoms with Gasteiger partial charge in [0.1, 0.15) is 17.5 Å². The minimum absolute atomic E-state index is 0.0611. The summed E-state index contributed by atoms with van der Waals surface area (Å²) >= 11 is 0. The predicted octanol–water partition coefficient (Wildman–Crippen LogP) is 3.86. The topological polar surface area (TPSA) is 90.5 Å². The van der Waals surface area contributed by atoms with Crippen molar-refractivity contribution in [1.29, 1.82) is 0 Å². The second kappa shape index (κ2) is 6.63. The lowest BCUT2D eigenvalue weighted by Gasteiger charge is -2.58. The molecule has 11 heteroatoms. The van der Waals surface area contributed by atoms with E-state index in [0.29, 0.717) is 25.9 Å². The highest BCUT2D eigenvalue weighted by Crippen LogP contribution is 2.54. The van der Waals surface area contributed by atoms with Crippen LogP contribution in [-0.2, 0) is 11.2 Å². The number of amides is 1. The van der Waals surface area contributed by atoms with Gasteiger partial charge >= 0.3 is 18.0 Å². The van der Waals surface area contributed by atoms with Gasteiger partial charge in [0.15, 0.2) is 0 Å². The average molecular weight is 404 g/mol. The largest absolute Gasteiger partial charge is 0.444 e. The van der Waals surface area contributed by atoms with E-state index in [1.54, 1.807) is 25.7 Å². The van der Waals surface area contributed by atoms with Crippen LogP contribution in [0.3, 0.4) is 0 Å². The Morgan fingerprint density at radius 2 is 1.96 bits per heavy atom. The predicted molar refractivity (Wildman–Crippen MR) is 91.8 cm³/mol. The quantitative estimate of drug-likeness (QED) is 0.561. The molecule has 156 valence electrons. The molecule has 0 bridgehead atoms. The summed E-state index contributed by atoms with van der Waals surface area (Å²) in [6, 6.07) is -0.112. The first-order valence-corrected chi connectivity index (χ1v) is 9.04. The maximum absolute atomic E-state index is 12.4. The van der Waals surface area contributed by atoms with Crippen LogP contribution in [0.15, 0.2) is 6.20 Å². The monoisotopic (exact) mass is 404 g/mol. The third-order valence-electron chi connectivity index (χ3n) is 5.04. The molecule has 0 atom stereocenters. The van der Waals surface area contributed by atoms with Crippen LogP contribution < -0.4 is 0 Å². The smallest absolute Gasteiger partial charge is 0.410 e. The summed E-state index contributed by atoms with van der Waals surface area (Å²) < 4.78 is 44.0. The van der Waals surface area contributed by atoms with E-state index >= 15 is 0 Å². The Balaban J connectivity index is 1.58. The fourth-order valence-electron chi connectivity index (χ4n) is 3.80. The molecule has 0 aromatic carbocycles. The number of hydrogen-bond donors (Lipinski definition) is 0. The molecule has 0 unspecified atom stereocenters. The first kappa shape index (κ1) is 20.4. The summed E-state index contributed by atoms with van der Waals surface area (Å²) in [6.45, 7) is 6.47. The molecule has 1 saturated carbocycles. The molecule has 2 heterocycles. The van der Waals surface area contributed by atoms with Crippen molar-refractivity contribution in [3.05, 3.63) is 22.0 Å². The van der Waals surface area contributed by atoms with E-state index in [0.717, 1.165) is 0 Å². The summed E-state index contributed by atoms with van der Waals surface area (Å²) in [6.07, 6.45) is -3.87. The molecule has 1 amide bonds. The van der Waals surface area contributed by atoms with Gasteiger partial charge in [0.25, 0.3) is 0 Å². The fraction of sp³-hybridized carbons (Fsp3) is 0.765. The van der Waals surface area contributed by atoms with Crippen LogP contribution in [0.2, 0.25) is 0 Å². The highest BCUT2D eigenvalue weighted by Gasteiger charge is 2.55. The standard InChI is InChI=1S/C17H23F3N4O4/c1-15(2,3)28-14(25)22-9-16(10-22)6-11(7-16)23-8-13(24(26)27)12(21-23)4-5-17(18,19)20/h8,11H,4-7,9-10H2,1-3H3. The molecule has 3 rings (SSSR count). The number of alkyl halides is 3. The van der Waals surface area contributed by atoms with Gasteiger partial charge in [-0.2, -0.15) is 18.3 Å². The lowest BCUT2D eigenvalue weighted by Crippen LogP contribution is -2.64. The number of rotatable bonds is 4. The number of halogens is 3. The number of ether oxygens (including phenoxy) is 1. The van der Waals surface area contributed by atoms with Gasteiger partial charge in [0.2, 0.25) is 0 Å². The number of likely N-dealkylation sites (tertiary alicyclic amines) is 1. The van der Waals surface area contributed by atoms with Crippen LogP contribution in [0, 0.1) is 15.5 Å². The first-order valence-electron chi connectivity index (χ1n) is 9.04. The fourth-order valence-corrected chi connectivity index (χ4v) is 3.80. The minimum Gasteiger partial charge on any atom is -0.444 e. The van der Waals surface area contributed by atoms with Crippen LogP contribution >= 0.6 is 0 Å². The van der Waals surface area contributed by atoms with E-state index in [-0.39, 0.29) is 28.9 Å². The summed E-state index contributed by atoms with van der Waals surface area (Å²) in [4.78, 5) is 24.1. The SMILES string of the molecule is CC(C)(C)OC(=O)N1CC2(CC(n3cc([N+](=O)[O-])c(CCC(F)(F)F)n3)C2)C1. The van der Waals surface area contributed by atoms with E-state index in [9.17, 15) is 28.1 Å². The van der Waals surface area contributed by atoms with Crippen molar-refractivity contribution in [1.82, 2.24) is 14.7 Å². The van der Waals surface area contributed by atoms with E-state index in [1.165, 1.54) is 10.9 Å². The number of aryl methyl sites for hydroxylation is 1. The molecule has 2 fully saturated rings.